The van der Waals surface area contributed by atoms with Crippen LogP contribution in [0.25, 0.3) is 6.08 Å². The largest absolute Gasteiger partial charge is 0.490 e. The SMILES string of the molecule is CCOc1cc(/C=C2\SC(=S)N(CCc3ccccc3)C2=O)cc(Cl)c1OCC(=O)Nc1ccccc1F. The summed E-state index contributed by atoms with van der Waals surface area (Å²) in [5, 5.41) is 2.65. The molecule has 6 nitrogen and oxygen atoms in total. The maximum Gasteiger partial charge on any atom is 0.266 e. The molecule has 0 radical (unpaired) electrons. The fourth-order valence-electron chi connectivity index (χ4n) is 3.69. The first-order valence-electron chi connectivity index (χ1n) is 11.8. The van der Waals surface area contributed by atoms with Gasteiger partial charge in [-0.25, -0.2) is 4.39 Å². The molecule has 0 saturated carbocycles. The quantitative estimate of drug-likeness (QED) is 0.227. The number of carbonyl (C=O) groups excluding carboxylic acids is 2. The lowest BCUT2D eigenvalue weighted by Crippen LogP contribution is -2.30. The summed E-state index contributed by atoms with van der Waals surface area (Å²) >= 11 is 13.2. The molecule has 0 aromatic heterocycles. The first kappa shape index (κ1) is 27.6. The van der Waals surface area contributed by atoms with Gasteiger partial charge in [-0.3, -0.25) is 14.5 Å². The minimum atomic E-state index is -0.558. The number of rotatable bonds is 10. The number of ether oxygens (including phenoxy) is 2. The predicted molar refractivity (Wildman–Crippen MR) is 153 cm³/mol. The van der Waals surface area contributed by atoms with E-state index in [1.807, 2.05) is 30.3 Å². The second-order valence-electron chi connectivity index (χ2n) is 8.15. The van der Waals surface area contributed by atoms with E-state index in [0.29, 0.717) is 40.1 Å². The number of hydrogen-bond acceptors (Lipinski definition) is 6. The molecule has 0 bridgehead atoms. The van der Waals surface area contributed by atoms with Gasteiger partial charge in [0.25, 0.3) is 11.8 Å². The number of benzene rings is 3. The van der Waals surface area contributed by atoms with Crippen molar-refractivity contribution in [1.29, 1.82) is 0 Å². The molecule has 1 N–H and O–H groups in total. The third kappa shape index (κ3) is 6.92. The maximum absolute atomic E-state index is 13.8. The minimum Gasteiger partial charge on any atom is -0.490 e. The zero-order chi connectivity index (χ0) is 27.1. The van der Waals surface area contributed by atoms with Crippen LogP contribution in [0.4, 0.5) is 10.1 Å². The number of thiocarbonyl (C=S) groups is 1. The minimum absolute atomic E-state index is 0.0497. The molecule has 0 spiro atoms. The molecule has 0 unspecified atom stereocenters. The molecule has 10 heteroatoms. The van der Waals surface area contributed by atoms with Crippen LogP contribution in [0.3, 0.4) is 0 Å². The summed E-state index contributed by atoms with van der Waals surface area (Å²) in [6, 6.07) is 19.0. The van der Waals surface area contributed by atoms with Gasteiger partial charge in [-0.1, -0.05) is 78.0 Å². The predicted octanol–water partition coefficient (Wildman–Crippen LogP) is 6.34. The lowest BCUT2D eigenvalue weighted by Gasteiger charge is -2.15. The highest BCUT2D eigenvalue weighted by Crippen LogP contribution is 2.39. The lowest BCUT2D eigenvalue weighted by atomic mass is 10.1. The molecule has 0 aliphatic carbocycles. The van der Waals surface area contributed by atoms with Gasteiger partial charge in [0, 0.05) is 6.54 Å². The number of anilines is 1. The standard InChI is InChI=1S/C28H24ClFN2O4S2/c1-2-35-23-15-19(14-20(29)26(23)36-17-25(33)31-22-11-7-6-10-21(22)30)16-24-27(34)32(28(37)38-24)13-12-18-8-4-3-5-9-18/h3-11,14-16H,2,12-13,17H2,1H3,(H,31,33)/b24-16-. The molecular weight excluding hydrogens is 547 g/mol. The highest BCUT2D eigenvalue weighted by atomic mass is 35.5. The van der Waals surface area contributed by atoms with E-state index in [4.69, 9.17) is 33.3 Å². The van der Waals surface area contributed by atoms with Gasteiger partial charge in [-0.15, -0.1) is 0 Å². The van der Waals surface area contributed by atoms with Gasteiger partial charge in [0.2, 0.25) is 0 Å². The van der Waals surface area contributed by atoms with Gasteiger partial charge in [-0.2, -0.15) is 0 Å². The number of amides is 2. The monoisotopic (exact) mass is 570 g/mol. The highest BCUT2D eigenvalue weighted by molar-refractivity contribution is 8.26. The molecular formula is C28H24ClFN2O4S2. The zero-order valence-electron chi connectivity index (χ0n) is 20.4. The molecule has 0 atom stereocenters. The van der Waals surface area contributed by atoms with Gasteiger partial charge < -0.3 is 14.8 Å². The molecule has 1 aliphatic rings. The normalized spacial score (nSPS) is 14.2. The van der Waals surface area contributed by atoms with Gasteiger partial charge in [0.1, 0.15) is 10.1 Å². The summed E-state index contributed by atoms with van der Waals surface area (Å²) < 4.78 is 25.6. The summed E-state index contributed by atoms with van der Waals surface area (Å²) in [6.45, 7) is 2.19. The number of nitrogens with one attached hydrogen (secondary N) is 1. The zero-order valence-corrected chi connectivity index (χ0v) is 22.8. The van der Waals surface area contributed by atoms with Crippen LogP contribution in [0.15, 0.2) is 71.6 Å². The number of halogens is 2. The van der Waals surface area contributed by atoms with Crippen molar-refractivity contribution in [2.75, 3.05) is 25.1 Å². The van der Waals surface area contributed by atoms with E-state index in [2.05, 4.69) is 5.32 Å². The summed E-state index contributed by atoms with van der Waals surface area (Å²) in [7, 11) is 0. The Morgan fingerprint density at radius 2 is 1.87 bits per heavy atom. The summed E-state index contributed by atoms with van der Waals surface area (Å²) in [6.07, 6.45) is 2.39. The van der Waals surface area contributed by atoms with E-state index in [1.165, 1.54) is 30.0 Å². The molecule has 4 rings (SSSR count). The molecule has 2 amide bonds. The van der Waals surface area contributed by atoms with E-state index in [9.17, 15) is 14.0 Å². The lowest BCUT2D eigenvalue weighted by molar-refractivity contribution is -0.122. The van der Waals surface area contributed by atoms with E-state index < -0.39 is 18.3 Å². The van der Waals surface area contributed by atoms with Crippen molar-refractivity contribution in [1.82, 2.24) is 4.90 Å². The molecule has 1 saturated heterocycles. The fraction of sp³-hybridized carbons (Fsp3) is 0.179. The Hall–Kier alpha value is -3.40. The third-order valence-corrected chi connectivity index (χ3v) is 7.12. The smallest absolute Gasteiger partial charge is 0.266 e. The van der Waals surface area contributed by atoms with Gasteiger partial charge in [0.05, 0.1) is 22.2 Å². The van der Waals surface area contributed by atoms with Crippen LogP contribution in [0, 0.1) is 5.82 Å². The molecule has 3 aromatic rings. The van der Waals surface area contributed by atoms with Crippen molar-refractivity contribution >= 4 is 63.5 Å². The topological polar surface area (TPSA) is 67.9 Å². The van der Waals surface area contributed by atoms with Crippen LogP contribution in [-0.4, -0.2) is 40.8 Å². The Bertz CT molecular complexity index is 1380. The molecule has 1 fully saturated rings. The molecule has 196 valence electrons. The van der Waals surface area contributed by atoms with Gasteiger partial charge >= 0.3 is 0 Å². The average Bonchev–Trinajstić information content (AvgIpc) is 3.16. The van der Waals surface area contributed by atoms with Crippen molar-refractivity contribution in [2.45, 2.75) is 13.3 Å². The Labute approximate surface area is 234 Å². The van der Waals surface area contributed by atoms with Crippen LogP contribution in [0.1, 0.15) is 18.1 Å². The van der Waals surface area contributed by atoms with E-state index >= 15 is 0 Å². The van der Waals surface area contributed by atoms with Crippen LogP contribution in [-0.2, 0) is 16.0 Å². The number of nitrogens with zero attached hydrogens (tertiary/aromatic N) is 1. The highest BCUT2D eigenvalue weighted by Gasteiger charge is 2.31. The summed E-state index contributed by atoms with van der Waals surface area (Å²) in [5.41, 5.74) is 1.79. The van der Waals surface area contributed by atoms with E-state index in [1.54, 1.807) is 36.1 Å². The number of carbonyl (C=O) groups is 2. The van der Waals surface area contributed by atoms with Crippen molar-refractivity contribution in [3.8, 4) is 11.5 Å². The van der Waals surface area contributed by atoms with Crippen molar-refractivity contribution < 1.29 is 23.5 Å². The fourth-order valence-corrected chi connectivity index (χ4v) is 5.27. The summed E-state index contributed by atoms with van der Waals surface area (Å²) in [5.74, 6) is -0.801. The van der Waals surface area contributed by atoms with Crippen molar-refractivity contribution in [2.24, 2.45) is 0 Å². The Morgan fingerprint density at radius 1 is 1.13 bits per heavy atom. The molecule has 1 heterocycles. The average molecular weight is 571 g/mol. The Morgan fingerprint density at radius 3 is 2.61 bits per heavy atom. The third-order valence-electron chi connectivity index (χ3n) is 5.47. The van der Waals surface area contributed by atoms with Gasteiger partial charge in [-0.05, 0) is 54.8 Å². The van der Waals surface area contributed by atoms with Crippen LogP contribution in [0.5, 0.6) is 11.5 Å². The van der Waals surface area contributed by atoms with Crippen LogP contribution >= 0.6 is 35.6 Å². The van der Waals surface area contributed by atoms with Gasteiger partial charge in [0.15, 0.2) is 18.1 Å². The Balaban J connectivity index is 1.46. The molecule has 3 aromatic carbocycles. The number of para-hydroxylation sites is 1. The second-order valence-corrected chi connectivity index (χ2v) is 10.2. The van der Waals surface area contributed by atoms with E-state index in [-0.39, 0.29) is 22.4 Å². The molecule has 1 aliphatic heterocycles. The van der Waals surface area contributed by atoms with Crippen molar-refractivity contribution in [3.63, 3.8) is 0 Å². The number of hydrogen-bond donors (Lipinski definition) is 1. The van der Waals surface area contributed by atoms with Crippen LogP contribution < -0.4 is 14.8 Å². The van der Waals surface area contributed by atoms with E-state index in [0.717, 1.165) is 5.56 Å². The maximum atomic E-state index is 13.8. The first-order chi connectivity index (χ1) is 18.4. The number of thioether (sulfide) groups is 1. The summed E-state index contributed by atoms with van der Waals surface area (Å²) in [4.78, 5) is 27.4. The van der Waals surface area contributed by atoms with Crippen LogP contribution in [0.2, 0.25) is 5.02 Å². The second kappa shape index (κ2) is 12.9. The van der Waals surface area contributed by atoms with Crippen molar-refractivity contribution in [3.05, 3.63) is 93.6 Å². The first-order valence-corrected chi connectivity index (χ1v) is 13.4. The molecule has 38 heavy (non-hydrogen) atoms. The Kier molecular flexibility index (Phi) is 9.38.